The van der Waals surface area contributed by atoms with Gasteiger partial charge in [0.15, 0.2) is 23.0 Å². The summed E-state index contributed by atoms with van der Waals surface area (Å²) in [5, 5.41) is 9.97. The van der Waals surface area contributed by atoms with E-state index in [0.29, 0.717) is 45.7 Å². The highest BCUT2D eigenvalue weighted by Gasteiger charge is 2.36. The van der Waals surface area contributed by atoms with Gasteiger partial charge in [-0.25, -0.2) is 24.6 Å². The number of aromatic nitrogens is 7. The van der Waals surface area contributed by atoms with Crippen LogP contribution < -0.4 is 10.5 Å². The molecular weight excluding hydrogens is 446 g/mol. The molecule has 2 aliphatic rings. The number of nitrogens with zero attached hydrogens (tertiary/aromatic N) is 8. The van der Waals surface area contributed by atoms with Gasteiger partial charge in [-0.1, -0.05) is 12.1 Å². The first kappa shape index (κ1) is 21.9. The Morgan fingerprint density at radius 2 is 1.83 bits per heavy atom. The van der Waals surface area contributed by atoms with Crippen LogP contribution in [0.3, 0.4) is 0 Å². The van der Waals surface area contributed by atoms with Crippen LogP contribution in [-0.4, -0.2) is 65.5 Å². The van der Waals surface area contributed by atoms with Crippen molar-refractivity contribution in [1.82, 2.24) is 39.8 Å². The number of nitrogens with two attached hydrogens (primary N) is 1. The maximum atomic E-state index is 6.31. The first-order chi connectivity index (χ1) is 16.8. The summed E-state index contributed by atoms with van der Waals surface area (Å²) in [7, 11) is 0. The summed E-state index contributed by atoms with van der Waals surface area (Å²) in [5.41, 5.74) is 8.48. The maximum absolute atomic E-state index is 6.31. The number of rotatable bonds is 6. The molecule has 0 bridgehead atoms. The van der Waals surface area contributed by atoms with Crippen molar-refractivity contribution in [2.75, 3.05) is 25.4 Å². The van der Waals surface area contributed by atoms with E-state index in [4.69, 9.17) is 20.1 Å². The van der Waals surface area contributed by atoms with Crippen LogP contribution in [-0.2, 0) is 5.54 Å². The summed E-state index contributed by atoms with van der Waals surface area (Å²) < 4.78 is 13.7. The molecule has 1 saturated heterocycles. The summed E-state index contributed by atoms with van der Waals surface area (Å²) in [6.07, 6.45) is 7.14. The quantitative estimate of drug-likeness (QED) is 0.443. The third-order valence-electron chi connectivity index (χ3n) is 6.55. The highest BCUT2D eigenvalue weighted by molar-refractivity contribution is 6.00. The third-order valence-corrected chi connectivity index (χ3v) is 6.55. The number of hydrogen-bond acceptors (Lipinski definition) is 10. The van der Waals surface area contributed by atoms with E-state index in [9.17, 15) is 0 Å². The molecule has 0 unspecified atom stereocenters. The number of ether oxygens (including phenoxy) is 1. The predicted octanol–water partition coefficient (Wildman–Crippen LogP) is 3.24. The lowest BCUT2D eigenvalue weighted by Gasteiger charge is -2.37. The standard InChI is InChI=1S/C24H29N9O2/c1-5-32-10-15(11-32)34-14-8-26-22(27-9-14)16-19(31-35-20(16)13-6-7-13)18-17-21(25)28-12-29-23(17)33(30-18)24(2,3)4/h8-9,12-13,15H,5-7,10-11H2,1-4H3,(H2,25,28,29). The van der Waals surface area contributed by atoms with Gasteiger partial charge in [0.2, 0.25) is 0 Å². The topological polar surface area (TPSA) is 134 Å². The van der Waals surface area contributed by atoms with Crippen LogP contribution in [0.1, 0.15) is 52.2 Å². The van der Waals surface area contributed by atoms with E-state index >= 15 is 0 Å². The molecule has 1 aliphatic heterocycles. The van der Waals surface area contributed by atoms with Crippen molar-refractivity contribution in [2.45, 2.75) is 58.1 Å². The van der Waals surface area contributed by atoms with Crippen LogP contribution in [0.25, 0.3) is 33.8 Å². The number of hydrogen-bond donors (Lipinski definition) is 1. The van der Waals surface area contributed by atoms with E-state index in [1.165, 1.54) is 6.33 Å². The Morgan fingerprint density at radius 3 is 2.49 bits per heavy atom. The molecule has 4 aromatic heterocycles. The Hall–Kier alpha value is -3.60. The zero-order valence-electron chi connectivity index (χ0n) is 20.4. The minimum atomic E-state index is -0.328. The first-order valence-electron chi connectivity index (χ1n) is 12.0. The molecule has 35 heavy (non-hydrogen) atoms. The number of nitrogen functional groups attached to an aromatic ring is 1. The second kappa shape index (κ2) is 7.98. The second-order valence-corrected chi connectivity index (χ2v) is 10.3. The van der Waals surface area contributed by atoms with Gasteiger partial charge in [0.1, 0.15) is 29.6 Å². The molecule has 0 aromatic carbocycles. The molecule has 11 heteroatoms. The Balaban J connectivity index is 1.43. The van der Waals surface area contributed by atoms with Crippen molar-refractivity contribution in [1.29, 1.82) is 0 Å². The minimum absolute atomic E-state index is 0.174. The van der Waals surface area contributed by atoms with Crippen molar-refractivity contribution in [3.8, 4) is 28.5 Å². The Labute approximate surface area is 202 Å². The normalized spacial score (nSPS) is 17.1. The van der Waals surface area contributed by atoms with Crippen LogP contribution in [0.15, 0.2) is 23.2 Å². The van der Waals surface area contributed by atoms with Crippen molar-refractivity contribution in [3.05, 3.63) is 24.5 Å². The van der Waals surface area contributed by atoms with Gasteiger partial charge in [-0.15, -0.1) is 0 Å². The number of likely N-dealkylation sites (tertiary alicyclic amines) is 1. The summed E-state index contributed by atoms with van der Waals surface area (Å²) in [6.45, 7) is 11.2. The monoisotopic (exact) mass is 475 g/mol. The molecule has 0 radical (unpaired) electrons. The molecule has 2 N–H and O–H groups in total. The molecule has 0 spiro atoms. The number of fused-ring (bicyclic) bond motifs is 1. The first-order valence-corrected chi connectivity index (χ1v) is 12.0. The van der Waals surface area contributed by atoms with Gasteiger partial charge < -0.3 is 15.0 Å². The van der Waals surface area contributed by atoms with Gasteiger partial charge in [0.05, 0.1) is 28.9 Å². The van der Waals surface area contributed by atoms with Crippen molar-refractivity contribution < 1.29 is 9.26 Å². The van der Waals surface area contributed by atoms with Crippen molar-refractivity contribution >= 4 is 16.9 Å². The number of likely N-dealkylation sites (N-methyl/N-ethyl adjacent to an activating group) is 1. The molecule has 1 saturated carbocycles. The molecule has 0 atom stereocenters. The molecule has 6 rings (SSSR count). The van der Waals surface area contributed by atoms with E-state index in [-0.39, 0.29) is 11.6 Å². The Bertz CT molecular complexity index is 1380. The van der Waals surface area contributed by atoms with Crippen molar-refractivity contribution in [3.63, 3.8) is 0 Å². The predicted molar refractivity (Wildman–Crippen MR) is 130 cm³/mol. The average Bonchev–Trinajstić information content (AvgIpc) is 3.42. The van der Waals surface area contributed by atoms with E-state index in [1.807, 2.05) is 4.68 Å². The van der Waals surface area contributed by atoms with Gasteiger partial charge in [0.25, 0.3) is 0 Å². The minimum Gasteiger partial charge on any atom is -0.485 e. The lowest BCUT2D eigenvalue weighted by Crippen LogP contribution is -2.53. The lowest BCUT2D eigenvalue weighted by molar-refractivity contribution is 0.0234. The van der Waals surface area contributed by atoms with Gasteiger partial charge in [-0.05, 0) is 40.2 Å². The zero-order valence-corrected chi connectivity index (χ0v) is 20.4. The molecule has 0 amide bonds. The summed E-state index contributed by atoms with van der Waals surface area (Å²) in [5.74, 6) is 2.59. The van der Waals surface area contributed by atoms with Crippen molar-refractivity contribution in [2.24, 2.45) is 0 Å². The van der Waals surface area contributed by atoms with Gasteiger partial charge >= 0.3 is 0 Å². The lowest BCUT2D eigenvalue weighted by atomic mass is 10.1. The molecular formula is C24H29N9O2. The fourth-order valence-corrected chi connectivity index (χ4v) is 4.47. The number of anilines is 1. The maximum Gasteiger partial charge on any atom is 0.165 e. The summed E-state index contributed by atoms with van der Waals surface area (Å²) in [6, 6.07) is 0. The third kappa shape index (κ3) is 3.79. The molecule has 4 aromatic rings. The van der Waals surface area contributed by atoms with Crippen LogP contribution in [0.4, 0.5) is 5.82 Å². The molecule has 5 heterocycles. The van der Waals surface area contributed by atoms with Gasteiger partial charge in [-0.2, -0.15) is 5.10 Å². The van der Waals surface area contributed by atoms with E-state index in [1.54, 1.807) is 12.4 Å². The Morgan fingerprint density at radius 1 is 1.09 bits per heavy atom. The molecule has 182 valence electrons. The van der Waals surface area contributed by atoms with Crippen LogP contribution >= 0.6 is 0 Å². The molecule has 2 fully saturated rings. The summed E-state index contributed by atoms with van der Waals surface area (Å²) in [4.78, 5) is 20.3. The second-order valence-electron chi connectivity index (χ2n) is 10.3. The SMILES string of the molecule is CCN1CC(Oc2cnc(-c3c(-c4nn(C(C)(C)C)c5ncnc(N)c45)noc3C3CC3)nc2)C1. The van der Waals surface area contributed by atoms with Crippen LogP contribution in [0.5, 0.6) is 5.75 Å². The van der Waals surface area contributed by atoms with E-state index in [0.717, 1.165) is 43.8 Å². The largest absolute Gasteiger partial charge is 0.485 e. The van der Waals surface area contributed by atoms with E-state index < -0.39 is 0 Å². The summed E-state index contributed by atoms with van der Waals surface area (Å²) >= 11 is 0. The molecule has 11 nitrogen and oxygen atoms in total. The Kier molecular flexibility index (Phi) is 4.99. The highest BCUT2D eigenvalue weighted by atomic mass is 16.5. The van der Waals surface area contributed by atoms with Crippen LogP contribution in [0.2, 0.25) is 0 Å². The zero-order chi connectivity index (χ0) is 24.3. The fourth-order valence-electron chi connectivity index (χ4n) is 4.47. The highest BCUT2D eigenvalue weighted by Crippen LogP contribution is 2.48. The average molecular weight is 476 g/mol. The van der Waals surface area contributed by atoms with Crippen LogP contribution in [0, 0.1) is 0 Å². The smallest absolute Gasteiger partial charge is 0.165 e. The van der Waals surface area contributed by atoms with Gasteiger partial charge in [0, 0.05) is 19.0 Å². The fraction of sp³-hybridized carbons (Fsp3) is 0.500. The molecule has 1 aliphatic carbocycles. The van der Waals surface area contributed by atoms with Gasteiger partial charge in [-0.3, -0.25) is 4.90 Å². The van der Waals surface area contributed by atoms with E-state index in [2.05, 4.69) is 57.7 Å².